The lowest BCUT2D eigenvalue weighted by molar-refractivity contribution is 0.259. The van der Waals surface area contributed by atoms with Crippen molar-refractivity contribution in [1.82, 2.24) is 9.55 Å². The fraction of sp³-hybridized carbons (Fsp3) is 0.692. The summed E-state index contributed by atoms with van der Waals surface area (Å²) in [6.07, 6.45) is 3.93. The minimum atomic E-state index is 0.129. The van der Waals surface area contributed by atoms with E-state index in [0.29, 0.717) is 0 Å². The van der Waals surface area contributed by atoms with Crippen LogP contribution >= 0.6 is 0 Å². The maximum atomic E-state index is 11.9. The van der Waals surface area contributed by atoms with Crippen molar-refractivity contribution >= 4 is 0 Å². The van der Waals surface area contributed by atoms with Gasteiger partial charge in [0.05, 0.1) is 0 Å². The van der Waals surface area contributed by atoms with E-state index in [1.54, 1.807) is 6.07 Å². The third-order valence-electron chi connectivity index (χ3n) is 3.30. The van der Waals surface area contributed by atoms with Crippen LogP contribution in [0.3, 0.4) is 0 Å². The predicted molar refractivity (Wildman–Crippen MR) is 64.6 cm³/mol. The highest BCUT2D eigenvalue weighted by Crippen LogP contribution is 2.29. The van der Waals surface area contributed by atoms with Gasteiger partial charge >= 0.3 is 0 Å². The van der Waals surface area contributed by atoms with Gasteiger partial charge in [0.1, 0.15) is 5.82 Å². The zero-order valence-electron chi connectivity index (χ0n) is 10.4. The van der Waals surface area contributed by atoms with Gasteiger partial charge < -0.3 is 0 Å². The highest BCUT2D eigenvalue weighted by Gasteiger charge is 2.26. The molecular weight excluding hydrogens is 200 g/mol. The molecule has 3 nitrogen and oxygen atoms in total. The molecule has 0 aliphatic carbocycles. The first kappa shape index (κ1) is 11.4. The van der Waals surface area contributed by atoms with Crippen LogP contribution in [0.25, 0.3) is 0 Å². The van der Waals surface area contributed by atoms with Crippen molar-refractivity contribution in [3.63, 3.8) is 0 Å². The van der Waals surface area contributed by atoms with Crippen LogP contribution in [0, 0.1) is 5.41 Å². The molecule has 0 radical (unpaired) electrons. The molecule has 0 saturated heterocycles. The van der Waals surface area contributed by atoms with Gasteiger partial charge in [0, 0.05) is 24.7 Å². The van der Waals surface area contributed by atoms with Gasteiger partial charge in [-0.1, -0.05) is 27.2 Å². The van der Waals surface area contributed by atoms with Crippen LogP contribution < -0.4 is 5.56 Å². The molecule has 0 bridgehead atoms. The summed E-state index contributed by atoms with van der Waals surface area (Å²) < 4.78 is 1.84. The lowest BCUT2D eigenvalue weighted by Crippen LogP contribution is -2.35. The van der Waals surface area contributed by atoms with Gasteiger partial charge in [-0.3, -0.25) is 9.36 Å². The Labute approximate surface area is 96.5 Å². The fourth-order valence-electron chi connectivity index (χ4n) is 2.30. The average Bonchev–Trinajstić information content (AvgIpc) is 2.15. The van der Waals surface area contributed by atoms with Crippen molar-refractivity contribution in [2.24, 2.45) is 5.41 Å². The molecule has 1 aromatic rings. The summed E-state index contributed by atoms with van der Waals surface area (Å²) in [6, 6.07) is 1.70. The second kappa shape index (κ2) is 4.04. The molecule has 0 spiro atoms. The summed E-state index contributed by atoms with van der Waals surface area (Å²) in [7, 11) is 0. The Morgan fingerprint density at radius 3 is 2.94 bits per heavy atom. The molecule has 0 fully saturated rings. The number of rotatable bonds is 2. The van der Waals surface area contributed by atoms with Crippen LogP contribution in [0.1, 0.15) is 45.1 Å². The Hall–Kier alpha value is -1.12. The highest BCUT2D eigenvalue weighted by molar-refractivity contribution is 5.08. The van der Waals surface area contributed by atoms with Gasteiger partial charge in [0.15, 0.2) is 0 Å². The van der Waals surface area contributed by atoms with E-state index in [1.807, 2.05) is 4.57 Å². The first-order chi connectivity index (χ1) is 7.52. The number of hydrogen-bond donors (Lipinski definition) is 0. The molecule has 88 valence electrons. The molecule has 0 N–H and O–H groups in total. The average molecular weight is 220 g/mol. The molecule has 1 aliphatic rings. The smallest absolute Gasteiger partial charge is 0.253 e. The van der Waals surface area contributed by atoms with Crippen molar-refractivity contribution in [2.45, 2.75) is 53.0 Å². The van der Waals surface area contributed by atoms with Crippen LogP contribution in [-0.2, 0) is 19.4 Å². The number of nitrogens with zero attached hydrogens (tertiary/aromatic N) is 2. The second-order valence-electron chi connectivity index (χ2n) is 5.49. The van der Waals surface area contributed by atoms with E-state index >= 15 is 0 Å². The quantitative estimate of drug-likeness (QED) is 0.765. The number of hydrogen-bond acceptors (Lipinski definition) is 2. The van der Waals surface area contributed by atoms with Crippen molar-refractivity contribution < 1.29 is 0 Å². The lowest BCUT2D eigenvalue weighted by atomic mass is 9.83. The predicted octanol–water partition coefficient (Wildman–Crippen LogP) is 2.17. The van der Waals surface area contributed by atoms with E-state index in [1.165, 1.54) is 0 Å². The molecule has 2 rings (SSSR count). The molecule has 0 amide bonds. The van der Waals surface area contributed by atoms with Gasteiger partial charge in [0.25, 0.3) is 5.56 Å². The molecule has 2 heterocycles. The van der Waals surface area contributed by atoms with Crippen molar-refractivity contribution in [2.75, 3.05) is 0 Å². The minimum absolute atomic E-state index is 0.129. The summed E-state index contributed by atoms with van der Waals surface area (Å²) >= 11 is 0. The molecule has 1 aromatic heterocycles. The topological polar surface area (TPSA) is 34.9 Å². The molecule has 0 aromatic carbocycles. The Morgan fingerprint density at radius 2 is 2.25 bits per heavy atom. The maximum Gasteiger partial charge on any atom is 0.253 e. The van der Waals surface area contributed by atoms with E-state index in [9.17, 15) is 4.79 Å². The Bertz CT molecular complexity index is 446. The number of aromatic nitrogens is 2. The van der Waals surface area contributed by atoms with E-state index in [4.69, 9.17) is 0 Å². The standard InChI is InChI=1S/C13H20N2O/c1-4-5-10-8-12(16)15-7-6-13(2,3)9-11(15)14-10/h8H,4-7,9H2,1-3H3. The van der Waals surface area contributed by atoms with Crippen LogP contribution in [0.5, 0.6) is 0 Å². The molecular formula is C13H20N2O. The molecule has 3 heteroatoms. The normalized spacial score (nSPS) is 18.2. The summed E-state index contributed by atoms with van der Waals surface area (Å²) in [6.45, 7) is 7.42. The zero-order chi connectivity index (χ0) is 11.8. The molecule has 0 saturated carbocycles. The van der Waals surface area contributed by atoms with Gasteiger partial charge in [0.2, 0.25) is 0 Å². The minimum Gasteiger partial charge on any atom is -0.297 e. The molecule has 1 aliphatic heterocycles. The van der Waals surface area contributed by atoms with Gasteiger partial charge in [-0.25, -0.2) is 4.98 Å². The Kier molecular flexibility index (Phi) is 2.87. The summed E-state index contributed by atoms with van der Waals surface area (Å²) in [5, 5.41) is 0. The summed E-state index contributed by atoms with van der Waals surface area (Å²) in [4.78, 5) is 16.5. The number of fused-ring (bicyclic) bond motifs is 1. The monoisotopic (exact) mass is 220 g/mol. The first-order valence-electron chi connectivity index (χ1n) is 6.11. The first-order valence-corrected chi connectivity index (χ1v) is 6.11. The van der Waals surface area contributed by atoms with Crippen LogP contribution in [0.4, 0.5) is 0 Å². The zero-order valence-corrected chi connectivity index (χ0v) is 10.4. The third-order valence-corrected chi connectivity index (χ3v) is 3.30. The van der Waals surface area contributed by atoms with Crippen LogP contribution in [0.2, 0.25) is 0 Å². The van der Waals surface area contributed by atoms with Gasteiger partial charge in [-0.15, -0.1) is 0 Å². The van der Waals surface area contributed by atoms with E-state index in [2.05, 4.69) is 25.8 Å². The summed E-state index contributed by atoms with van der Waals surface area (Å²) in [5.74, 6) is 0.979. The number of aryl methyl sites for hydroxylation is 1. The van der Waals surface area contributed by atoms with Gasteiger partial charge in [-0.05, 0) is 18.3 Å². The Balaban J connectivity index is 2.41. The van der Waals surface area contributed by atoms with Gasteiger partial charge in [-0.2, -0.15) is 0 Å². The van der Waals surface area contributed by atoms with E-state index in [0.717, 1.165) is 43.7 Å². The molecule has 16 heavy (non-hydrogen) atoms. The fourth-order valence-corrected chi connectivity index (χ4v) is 2.30. The Morgan fingerprint density at radius 1 is 1.50 bits per heavy atom. The summed E-state index contributed by atoms with van der Waals surface area (Å²) in [5.41, 5.74) is 1.37. The molecule has 0 atom stereocenters. The SMILES string of the molecule is CCCc1cc(=O)n2c(n1)CC(C)(C)CC2. The van der Waals surface area contributed by atoms with E-state index < -0.39 is 0 Å². The van der Waals surface area contributed by atoms with Crippen molar-refractivity contribution in [3.8, 4) is 0 Å². The second-order valence-corrected chi connectivity index (χ2v) is 5.49. The molecule has 0 unspecified atom stereocenters. The van der Waals surface area contributed by atoms with Crippen molar-refractivity contribution in [3.05, 3.63) is 27.9 Å². The van der Waals surface area contributed by atoms with Crippen LogP contribution in [-0.4, -0.2) is 9.55 Å². The maximum absolute atomic E-state index is 11.9. The third kappa shape index (κ3) is 2.18. The largest absolute Gasteiger partial charge is 0.297 e. The highest BCUT2D eigenvalue weighted by atomic mass is 16.1. The van der Waals surface area contributed by atoms with E-state index in [-0.39, 0.29) is 11.0 Å². The van der Waals surface area contributed by atoms with Crippen LogP contribution in [0.15, 0.2) is 10.9 Å². The lowest BCUT2D eigenvalue weighted by Gasteiger charge is -2.31. The van der Waals surface area contributed by atoms with Crippen molar-refractivity contribution in [1.29, 1.82) is 0 Å².